The Morgan fingerprint density at radius 1 is 1.35 bits per heavy atom. The van der Waals surface area contributed by atoms with Gasteiger partial charge >= 0.3 is 5.97 Å². The Balaban J connectivity index is 2.15. The zero-order valence-electron chi connectivity index (χ0n) is 9.98. The van der Waals surface area contributed by atoms with Crippen molar-refractivity contribution >= 4 is 29.2 Å². The number of hydrogen-bond donors (Lipinski definition) is 1. The molecule has 0 unspecified atom stereocenters. The predicted molar refractivity (Wildman–Crippen MR) is 70.3 cm³/mol. The van der Waals surface area contributed by atoms with E-state index in [1.54, 1.807) is 0 Å². The summed E-state index contributed by atoms with van der Waals surface area (Å²) in [4.78, 5) is 15.0. The lowest BCUT2D eigenvalue weighted by molar-refractivity contribution is 0.0683. The Morgan fingerprint density at radius 3 is 2.45 bits per heavy atom. The number of nitrogens with zero attached hydrogens (tertiary/aromatic N) is 3. The summed E-state index contributed by atoms with van der Waals surface area (Å²) in [6, 6.07) is 2.68. The highest BCUT2D eigenvalue weighted by molar-refractivity contribution is 6.35. The van der Waals surface area contributed by atoms with Crippen LogP contribution in [0.4, 0.5) is 4.39 Å². The van der Waals surface area contributed by atoms with E-state index < -0.39 is 11.8 Å². The molecule has 1 aliphatic rings. The molecule has 1 aromatic heterocycles. The van der Waals surface area contributed by atoms with Crippen LogP contribution in [-0.2, 0) is 0 Å². The van der Waals surface area contributed by atoms with Gasteiger partial charge in [-0.15, -0.1) is 5.10 Å². The fraction of sp³-hybridized carbons (Fsp3) is 0.250. The molecule has 1 fully saturated rings. The molecule has 0 atom stereocenters. The topological polar surface area (TPSA) is 68.0 Å². The molecule has 3 rings (SSSR count). The molecule has 0 amide bonds. The molecule has 0 bridgehead atoms. The summed E-state index contributed by atoms with van der Waals surface area (Å²) in [6.07, 6.45) is 1.83. The van der Waals surface area contributed by atoms with Gasteiger partial charge in [-0.05, 0) is 25.0 Å². The molecular weight excluding hydrogens is 308 g/mol. The van der Waals surface area contributed by atoms with Crippen LogP contribution in [0.1, 0.15) is 35.2 Å². The summed E-state index contributed by atoms with van der Waals surface area (Å²) in [5, 5.41) is 12.6. The molecule has 1 aromatic carbocycles. The van der Waals surface area contributed by atoms with Crippen LogP contribution in [-0.4, -0.2) is 25.8 Å². The molecule has 0 spiro atoms. The zero-order valence-corrected chi connectivity index (χ0v) is 11.5. The Hall–Kier alpha value is -1.66. The maximum Gasteiger partial charge on any atom is 0.375 e. The second-order valence-corrected chi connectivity index (χ2v) is 5.32. The Labute approximate surface area is 122 Å². The van der Waals surface area contributed by atoms with Crippen molar-refractivity contribution in [1.82, 2.24) is 14.8 Å². The van der Waals surface area contributed by atoms with E-state index in [-0.39, 0.29) is 21.8 Å². The van der Waals surface area contributed by atoms with Gasteiger partial charge in [-0.3, -0.25) is 0 Å². The molecule has 0 radical (unpaired) electrons. The summed E-state index contributed by atoms with van der Waals surface area (Å²) < 4.78 is 14.8. The van der Waals surface area contributed by atoms with E-state index in [0.29, 0.717) is 11.5 Å². The van der Waals surface area contributed by atoms with Crippen LogP contribution in [0.15, 0.2) is 12.1 Å². The SMILES string of the molecule is O=C(O)c1nc(C2CC2)n(-c2cc(Cl)c(F)c(Cl)c2)n1. The van der Waals surface area contributed by atoms with Crippen molar-refractivity contribution in [3.05, 3.63) is 39.6 Å². The third-order valence-corrected chi connectivity index (χ3v) is 3.53. The van der Waals surface area contributed by atoms with Gasteiger partial charge in [0.1, 0.15) is 5.82 Å². The van der Waals surface area contributed by atoms with E-state index in [4.69, 9.17) is 28.3 Å². The first-order valence-corrected chi connectivity index (χ1v) is 6.58. The number of hydrogen-bond acceptors (Lipinski definition) is 3. The highest BCUT2D eigenvalue weighted by Gasteiger charge is 2.31. The fourth-order valence-electron chi connectivity index (χ4n) is 1.87. The van der Waals surface area contributed by atoms with E-state index >= 15 is 0 Å². The molecule has 1 saturated carbocycles. The van der Waals surface area contributed by atoms with Crippen molar-refractivity contribution in [2.75, 3.05) is 0 Å². The maximum atomic E-state index is 13.4. The van der Waals surface area contributed by atoms with Crippen molar-refractivity contribution in [2.24, 2.45) is 0 Å². The summed E-state index contributed by atoms with van der Waals surface area (Å²) >= 11 is 11.5. The van der Waals surface area contributed by atoms with E-state index in [9.17, 15) is 9.18 Å². The van der Waals surface area contributed by atoms with Crippen molar-refractivity contribution in [2.45, 2.75) is 18.8 Å². The summed E-state index contributed by atoms with van der Waals surface area (Å²) in [6.45, 7) is 0. The predicted octanol–water partition coefficient (Wildman–Crippen LogP) is 3.29. The normalized spacial score (nSPS) is 14.6. The van der Waals surface area contributed by atoms with Crippen molar-refractivity contribution in [1.29, 1.82) is 0 Å². The molecule has 0 saturated heterocycles. The number of benzene rings is 1. The number of aromatic carboxylic acids is 1. The maximum absolute atomic E-state index is 13.4. The first-order chi connectivity index (χ1) is 9.47. The van der Waals surface area contributed by atoms with Crippen LogP contribution >= 0.6 is 23.2 Å². The minimum atomic E-state index is -1.22. The van der Waals surface area contributed by atoms with Crippen LogP contribution in [0.25, 0.3) is 5.69 Å². The van der Waals surface area contributed by atoms with Gasteiger partial charge in [0, 0.05) is 5.92 Å². The number of halogens is 3. The van der Waals surface area contributed by atoms with Gasteiger partial charge in [0.25, 0.3) is 5.82 Å². The van der Waals surface area contributed by atoms with Crippen LogP contribution in [0.3, 0.4) is 0 Å². The second kappa shape index (κ2) is 4.71. The van der Waals surface area contributed by atoms with E-state index in [2.05, 4.69) is 10.1 Å². The number of aromatic nitrogens is 3. The highest BCUT2D eigenvalue weighted by Crippen LogP contribution is 2.40. The molecule has 0 aliphatic heterocycles. The molecule has 104 valence electrons. The van der Waals surface area contributed by atoms with Crippen molar-refractivity contribution < 1.29 is 14.3 Å². The molecule has 20 heavy (non-hydrogen) atoms. The van der Waals surface area contributed by atoms with Gasteiger partial charge in [-0.1, -0.05) is 23.2 Å². The minimum absolute atomic E-state index is 0.151. The number of carboxylic acid groups (broad SMARTS) is 1. The Kier molecular flexibility index (Phi) is 3.14. The van der Waals surface area contributed by atoms with Crippen molar-refractivity contribution in [3.63, 3.8) is 0 Å². The molecule has 1 N–H and O–H groups in total. The number of carboxylic acids is 1. The summed E-state index contributed by atoms with van der Waals surface area (Å²) in [7, 11) is 0. The quantitative estimate of drug-likeness (QED) is 0.882. The van der Waals surface area contributed by atoms with E-state index in [1.165, 1.54) is 16.8 Å². The third-order valence-electron chi connectivity index (χ3n) is 2.98. The van der Waals surface area contributed by atoms with Gasteiger partial charge in [0.05, 0.1) is 15.7 Å². The first-order valence-electron chi connectivity index (χ1n) is 5.82. The molecular formula is C12H8Cl2FN3O2. The fourth-order valence-corrected chi connectivity index (χ4v) is 2.35. The molecule has 1 aliphatic carbocycles. The largest absolute Gasteiger partial charge is 0.475 e. The van der Waals surface area contributed by atoms with Crippen molar-refractivity contribution in [3.8, 4) is 5.69 Å². The molecule has 2 aromatic rings. The van der Waals surface area contributed by atoms with E-state index in [0.717, 1.165) is 12.8 Å². The van der Waals surface area contributed by atoms with Crippen LogP contribution in [0, 0.1) is 5.82 Å². The van der Waals surface area contributed by atoms with Crippen LogP contribution in [0.5, 0.6) is 0 Å². The lowest BCUT2D eigenvalue weighted by atomic mass is 10.3. The summed E-state index contributed by atoms with van der Waals surface area (Å²) in [5.41, 5.74) is 0.392. The molecule has 1 heterocycles. The van der Waals surface area contributed by atoms with E-state index in [1.807, 2.05) is 0 Å². The van der Waals surface area contributed by atoms with Gasteiger partial charge in [0.15, 0.2) is 5.82 Å². The lowest BCUT2D eigenvalue weighted by Crippen LogP contribution is -2.04. The number of carbonyl (C=O) groups is 1. The van der Waals surface area contributed by atoms with Crippen LogP contribution in [0.2, 0.25) is 10.0 Å². The zero-order chi connectivity index (χ0) is 14.4. The highest BCUT2D eigenvalue weighted by atomic mass is 35.5. The van der Waals surface area contributed by atoms with Gasteiger partial charge in [-0.25, -0.2) is 18.9 Å². The third kappa shape index (κ3) is 2.25. The molecule has 5 nitrogen and oxygen atoms in total. The van der Waals surface area contributed by atoms with Gasteiger partial charge < -0.3 is 5.11 Å². The Morgan fingerprint density at radius 2 is 1.95 bits per heavy atom. The molecule has 8 heteroatoms. The number of rotatable bonds is 3. The van der Waals surface area contributed by atoms with Gasteiger partial charge in [-0.2, -0.15) is 0 Å². The monoisotopic (exact) mass is 315 g/mol. The average molecular weight is 316 g/mol. The first kappa shape index (κ1) is 13.3. The lowest BCUT2D eigenvalue weighted by Gasteiger charge is -2.07. The average Bonchev–Trinajstić information content (AvgIpc) is 3.14. The standard InChI is InChI=1S/C12H8Cl2FN3O2/c13-7-3-6(4-8(14)9(7)15)18-11(5-1-2-5)16-10(17-18)12(19)20/h3-5H,1-2H2,(H,19,20). The van der Waals surface area contributed by atoms with Gasteiger partial charge in [0.2, 0.25) is 0 Å². The Bertz CT molecular complexity index is 690. The second-order valence-electron chi connectivity index (χ2n) is 4.51. The van der Waals surface area contributed by atoms with Crippen LogP contribution < -0.4 is 0 Å². The summed E-state index contributed by atoms with van der Waals surface area (Å²) in [5.74, 6) is -1.55. The minimum Gasteiger partial charge on any atom is -0.475 e. The smallest absolute Gasteiger partial charge is 0.375 e.